The van der Waals surface area contributed by atoms with Crippen LogP contribution in [0.25, 0.3) is 0 Å². The first-order chi connectivity index (χ1) is 7.93. The van der Waals surface area contributed by atoms with Gasteiger partial charge in [-0.2, -0.15) is 0 Å². The highest BCUT2D eigenvalue weighted by Crippen LogP contribution is 2.42. The van der Waals surface area contributed by atoms with E-state index in [1.165, 1.54) is 19.4 Å². The molecule has 3 aliphatic rings. The molecule has 0 aromatic heterocycles. The molecule has 3 nitrogen and oxygen atoms in total. The SMILES string of the molecule is C1=CC2C(C1)CC2NCCN1CCOCC1. The zero-order chi connectivity index (χ0) is 10.8. The third kappa shape index (κ3) is 2.17. The Labute approximate surface area is 97.8 Å². The van der Waals surface area contributed by atoms with Gasteiger partial charge >= 0.3 is 0 Å². The molecular weight excluding hydrogens is 200 g/mol. The van der Waals surface area contributed by atoms with E-state index in [0.717, 1.165) is 50.7 Å². The number of hydrogen-bond acceptors (Lipinski definition) is 3. The number of allylic oxidation sites excluding steroid dienone is 1. The van der Waals surface area contributed by atoms with Crippen molar-refractivity contribution in [1.82, 2.24) is 10.2 Å². The minimum atomic E-state index is 0.768. The van der Waals surface area contributed by atoms with Gasteiger partial charge < -0.3 is 10.1 Å². The lowest BCUT2D eigenvalue weighted by Gasteiger charge is -2.41. The van der Waals surface area contributed by atoms with Crippen molar-refractivity contribution < 1.29 is 4.74 Å². The molecule has 90 valence electrons. The molecule has 0 radical (unpaired) electrons. The highest BCUT2D eigenvalue weighted by atomic mass is 16.5. The van der Waals surface area contributed by atoms with Crippen LogP contribution >= 0.6 is 0 Å². The van der Waals surface area contributed by atoms with Crippen molar-refractivity contribution in [2.24, 2.45) is 11.8 Å². The number of rotatable bonds is 4. The summed E-state index contributed by atoms with van der Waals surface area (Å²) < 4.78 is 5.35. The molecule has 2 aliphatic carbocycles. The molecule has 1 saturated carbocycles. The fraction of sp³-hybridized carbons (Fsp3) is 0.846. The molecule has 2 fully saturated rings. The van der Waals surface area contributed by atoms with Crippen LogP contribution in [0.1, 0.15) is 12.8 Å². The molecule has 1 aliphatic heterocycles. The Morgan fingerprint density at radius 1 is 1.31 bits per heavy atom. The van der Waals surface area contributed by atoms with Gasteiger partial charge in [-0.25, -0.2) is 0 Å². The van der Waals surface area contributed by atoms with E-state index in [2.05, 4.69) is 22.4 Å². The molecule has 0 aromatic rings. The molecule has 3 heteroatoms. The molecule has 1 heterocycles. The predicted molar refractivity (Wildman–Crippen MR) is 64.4 cm³/mol. The van der Waals surface area contributed by atoms with Crippen molar-refractivity contribution in [2.75, 3.05) is 39.4 Å². The zero-order valence-electron chi connectivity index (χ0n) is 9.90. The predicted octanol–water partition coefficient (Wildman–Crippen LogP) is 0.873. The monoisotopic (exact) mass is 222 g/mol. The van der Waals surface area contributed by atoms with Crippen molar-refractivity contribution in [3.8, 4) is 0 Å². The Morgan fingerprint density at radius 3 is 3.00 bits per heavy atom. The third-order valence-corrected chi connectivity index (χ3v) is 4.30. The second-order valence-electron chi connectivity index (χ2n) is 5.25. The molecule has 3 atom stereocenters. The molecule has 3 unspecified atom stereocenters. The van der Waals surface area contributed by atoms with Gasteiger partial charge in [-0.1, -0.05) is 12.2 Å². The van der Waals surface area contributed by atoms with E-state index in [-0.39, 0.29) is 0 Å². The summed E-state index contributed by atoms with van der Waals surface area (Å²) >= 11 is 0. The van der Waals surface area contributed by atoms with E-state index in [4.69, 9.17) is 4.74 Å². The van der Waals surface area contributed by atoms with Crippen molar-refractivity contribution >= 4 is 0 Å². The van der Waals surface area contributed by atoms with E-state index in [1.807, 2.05) is 0 Å². The first-order valence-electron chi connectivity index (χ1n) is 6.63. The van der Waals surface area contributed by atoms with E-state index in [0.29, 0.717) is 0 Å². The van der Waals surface area contributed by atoms with Gasteiger partial charge in [0.25, 0.3) is 0 Å². The van der Waals surface area contributed by atoms with Gasteiger partial charge in [-0.15, -0.1) is 0 Å². The Hall–Kier alpha value is -0.380. The molecule has 0 aromatic carbocycles. The summed E-state index contributed by atoms with van der Waals surface area (Å²) in [5.74, 6) is 1.82. The van der Waals surface area contributed by atoms with Crippen LogP contribution in [0, 0.1) is 11.8 Å². The lowest BCUT2D eigenvalue weighted by Crippen LogP contribution is -2.50. The van der Waals surface area contributed by atoms with Crippen LogP contribution in [0.4, 0.5) is 0 Å². The molecule has 0 amide bonds. The highest BCUT2D eigenvalue weighted by molar-refractivity contribution is 5.12. The Bertz CT molecular complexity index is 261. The molecule has 0 bridgehead atoms. The average Bonchev–Trinajstić information content (AvgIpc) is 2.67. The summed E-state index contributed by atoms with van der Waals surface area (Å²) in [5.41, 5.74) is 0. The van der Waals surface area contributed by atoms with Gasteiger partial charge in [0, 0.05) is 32.2 Å². The summed E-state index contributed by atoms with van der Waals surface area (Å²) in [6.07, 6.45) is 7.49. The number of fused-ring (bicyclic) bond motifs is 1. The maximum atomic E-state index is 5.35. The summed E-state index contributed by atoms with van der Waals surface area (Å²) in [4.78, 5) is 2.50. The highest BCUT2D eigenvalue weighted by Gasteiger charge is 2.40. The van der Waals surface area contributed by atoms with Crippen molar-refractivity contribution in [2.45, 2.75) is 18.9 Å². The molecular formula is C13H22N2O. The van der Waals surface area contributed by atoms with Crippen molar-refractivity contribution in [3.05, 3.63) is 12.2 Å². The van der Waals surface area contributed by atoms with Crippen LogP contribution < -0.4 is 5.32 Å². The summed E-state index contributed by atoms with van der Waals surface area (Å²) in [6.45, 7) is 6.37. The summed E-state index contributed by atoms with van der Waals surface area (Å²) in [6, 6.07) is 0.768. The average molecular weight is 222 g/mol. The summed E-state index contributed by atoms with van der Waals surface area (Å²) in [7, 11) is 0. The smallest absolute Gasteiger partial charge is 0.0594 e. The first kappa shape index (κ1) is 10.8. The largest absolute Gasteiger partial charge is 0.379 e. The topological polar surface area (TPSA) is 24.5 Å². The number of ether oxygens (including phenoxy) is 1. The van der Waals surface area contributed by atoms with E-state index in [1.54, 1.807) is 0 Å². The van der Waals surface area contributed by atoms with Gasteiger partial charge in [0.05, 0.1) is 13.2 Å². The van der Waals surface area contributed by atoms with Crippen molar-refractivity contribution in [1.29, 1.82) is 0 Å². The van der Waals surface area contributed by atoms with Gasteiger partial charge in [0.1, 0.15) is 0 Å². The Balaban J connectivity index is 1.33. The van der Waals surface area contributed by atoms with Crippen molar-refractivity contribution in [3.63, 3.8) is 0 Å². The maximum absolute atomic E-state index is 5.35. The Morgan fingerprint density at radius 2 is 2.19 bits per heavy atom. The minimum Gasteiger partial charge on any atom is -0.379 e. The molecule has 1 N–H and O–H groups in total. The van der Waals surface area contributed by atoms with E-state index < -0.39 is 0 Å². The lowest BCUT2D eigenvalue weighted by atomic mass is 9.71. The maximum Gasteiger partial charge on any atom is 0.0594 e. The molecule has 16 heavy (non-hydrogen) atoms. The van der Waals surface area contributed by atoms with Gasteiger partial charge in [0.15, 0.2) is 0 Å². The third-order valence-electron chi connectivity index (χ3n) is 4.30. The molecule has 1 saturated heterocycles. The second kappa shape index (κ2) is 4.86. The Kier molecular flexibility index (Phi) is 3.27. The molecule has 3 rings (SSSR count). The van der Waals surface area contributed by atoms with Crippen LogP contribution in [0.5, 0.6) is 0 Å². The van der Waals surface area contributed by atoms with E-state index >= 15 is 0 Å². The standard InChI is InChI=1S/C13H22N2O/c1-2-11-10-13(12(11)3-1)14-4-5-15-6-8-16-9-7-15/h1,3,11-14H,2,4-10H2. The van der Waals surface area contributed by atoms with Gasteiger partial charge in [-0.3, -0.25) is 4.90 Å². The fourth-order valence-corrected chi connectivity index (χ4v) is 3.18. The first-order valence-corrected chi connectivity index (χ1v) is 6.63. The van der Waals surface area contributed by atoms with Crippen LogP contribution in [0.3, 0.4) is 0 Å². The second-order valence-corrected chi connectivity index (χ2v) is 5.25. The van der Waals surface area contributed by atoms with Gasteiger partial charge in [0.2, 0.25) is 0 Å². The van der Waals surface area contributed by atoms with Crippen LogP contribution in [-0.4, -0.2) is 50.3 Å². The quantitative estimate of drug-likeness (QED) is 0.714. The molecule has 0 spiro atoms. The van der Waals surface area contributed by atoms with Gasteiger partial charge in [-0.05, 0) is 24.7 Å². The normalized spacial score (nSPS) is 38.4. The zero-order valence-corrected chi connectivity index (χ0v) is 9.90. The number of morpholine rings is 1. The van der Waals surface area contributed by atoms with Crippen LogP contribution in [-0.2, 0) is 4.74 Å². The van der Waals surface area contributed by atoms with Crippen LogP contribution in [0.15, 0.2) is 12.2 Å². The summed E-state index contributed by atoms with van der Waals surface area (Å²) in [5, 5.41) is 3.70. The lowest BCUT2D eigenvalue weighted by molar-refractivity contribution is 0.0367. The minimum absolute atomic E-state index is 0.768. The number of nitrogens with one attached hydrogen (secondary N) is 1. The van der Waals surface area contributed by atoms with Crippen LogP contribution in [0.2, 0.25) is 0 Å². The number of hydrogen-bond donors (Lipinski definition) is 1. The number of nitrogens with zero attached hydrogens (tertiary/aromatic N) is 1. The van der Waals surface area contributed by atoms with E-state index in [9.17, 15) is 0 Å². The fourth-order valence-electron chi connectivity index (χ4n) is 3.18.